The summed E-state index contributed by atoms with van der Waals surface area (Å²) in [6.45, 7) is 8.97. The molecule has 110 valence electrons. The molecule has 2 aliphatic heterocycles. The Kier molecular flexibility index (Phi) is 3.83. The number of hydrogen-bond acceptors (Lipinski definition) is 2. The molecule has 2 unspecified atom stereocenters. The van der Waals surface area contributed by atoms with Gasteiger partial charge in [-0.3, -0.25) is 0 Å². The van der Waals surface area contributed by atoms with Crippen molar-refractivity contribution in [2.24, 2.45) is 5.41 Å². The number of benzene rings is 1. The standard InChI is InChI=1S/C17H25FN2/c1-13(2)20-9-7-17(12-20)6-8-19-11-16(17)14-4-3-5-15(18)10-14/h3-5,10,13,16,19H,6-9,11-12H2,1-2H3. The highest BCUT2D eigenvalue weighted by molar-refractivity contribution is 5.25. The maximum atomic E-state index is 13.6. The van der Waals surface area contributed by atoms with E-state index < -0.39 is 0 Å². The number of likely N-dealkylation sites (tertiary alicyclic amines) is 1. The minimum absolute atomic E-state index is 0.109. The third kappa shape index (κ3) is 2.49. The molecule has 0 aliphatic carbocycles. The van der Waals surface area contributed by atoms with Crippen molar-refractivity contribution in [1.82, 2.24) is 10.2 Å². The largest absolute Gasteiger partial charge is 0.316 e. The Morgan fingerprint density at radius 2 is 2.20 bits per heavy atom. The molecule has 0 radical (unpaired) electrons. The molecule has 2 atom stereocenters. The second kappa shape index (κ2) is 5.45. The highest BCUT2D eigenvalue weighted by Gasteiger charge is 2.46. The van der Waals surface area contributed by atoms with Crippen LogP contribution < -0.4 is 5.32 Å². The van der Waals surface area contributed by atoms with E-state index >= 15 is 0 Å². The van der Waals surface area contributed by atoms with Gasteiger partial charge in [0.25, 0.3) is 0 Å². The van der Waals surface area contributed by atoms with E-state index in [1.54, 1.807) is 12.1 Å². The summed E-state index contributed by atoms with van der Waals surface area (Å²) in [4.78, 5) is 2.58. The van der Waals surface area contributed by atoms with E-state index in [-0.39, 0.29) is 5.82 Å². The highest BCUT2D eigenvalue weighted by Crippen LogP contribution is 2.48. The van der Waals surface area contributed by atoms with Gasteiger partial charge in [0.15, 0.2) is 0 Å². The lowest BCUT2D eigenvalue weighted by molar-refractivity contribution is 0.151. The molecule has 3 heteroatoms. The first-order valence-corrected chi connectivity index (χ1v) is 7.81. The molecular formula is C17H25FN2. The Labute approximate surface area is 121 Å². The van der Waals surface area contributed by atoms with Crippen molar-refractivity contribution in [2.75, 3.05) is 26.2 Å². The van der Waals surface area contributed by atoms with Gasteiger partial charge in [0.1, 0.15) is 5.82 Å². The van der Waals surface area contributed by atoms with Crippen molar-refractivity contribution in [1.29, 1.82) is 0 Å². The van der Waals surface area contributed by atoms with Gasteiger partial charge < -0.3 is 10.2 Å². The van der Waals surface area contributed by atoms with Gasteiger partial charge in [0.05, 0.1) is 0 Å². The van der Waals surface area contributed by atoms with Crippen molar-refractivity contribution >= 4 is 0 Å². The summed E-state index contributed by atoms with van der Waals surface area (Å²) in [6, 6.07) is 7.83. The monoisotopic (exact) mass is 276 g/mol. The van der Waals surface area contributed by atoms with Gasteiger partial charge in [0.2, 0.25) is 0 Å². The molecule has 2 saturated heterocycles. The van der Waals surface area contributed by atoms with Gasteiger partial charge in [-0.15, -0.1) is 0 Å². The van der Waals surface area contributed by atoms with E-state index in [2.05, 4.69) is 30.1 Å². The maximum Gasteiger partial charge on any atom is 0.123 e. The van der Waals surface area contributed by atoms with E-state index in [0.29, 0.717) is 17.4 Å². The Morgan fingerprint density at radius 1 is 1.35 bits per heavy atom. The number of piperidine rings is 1. The summed E-state index contributed by atoms with van der Waals surface area (Å²) < 4.78 is 13.6. The molecule has 2 fully saturated rings. The molecule has 1 spiro atoms. The van der Waals surface area contributed by atoms with Gasteiger partial charge in [-0.25, -0.2) is 4.39 Å². The molecule has 2 nitrogen and oxygen atoms in total. The fraction of sp³-hybridized carbons (Fsp3) is 0.647. The molecular weight excluding hydrogens is 251 g/mol. The fourth-order valence-electron chi connectivity index (χ4n) is 4.03. The van der Waals surface area contributed by atoms with Crippen LogP contribution in [-0.2, 0) is 0 Å². The lowest BCUT2D eigenvalue weighted by Gasteiger charge is -2.42. The second-order valence-corrected chi connectivity index (χ2v) is 6.74. The summed E-state index contributed by atoms with van der Waals surface area (Å²) in [5.74, 6) is 0.331. The van der Waals surface area contributed by atoms with Crippen LogP contribution in [0.4, 0.5) is 4.39 Å². The lowest BCUT2D eigenvalue weighted by Crippen LogP contribution is -2.45. The third-order valence-electron chi connectivity index (χ3n) is 5.28. The quantitative estimate of drug-likeness (QED) is 0.893. The van der Waals surface area contributed by atoms with Crippen molar-refractivity contribution in [3.05, 3.63) is 35.6 Å². The SMILES string of the molecule is CC(C)N1CCC2(CCNCC2c2cccc(F)c2)C1. The van der Waals surface area contributed by atoms with Crippen LogP contribution in [0.3, 0.4) is 0 Å². The Morgan fingerprint density at radius 3 is 2.90 bits per heavy atom. The molecule has 2 aliphatic rings. The maximum absolute atomic E-state index is 13.6. The Balaban J connectivity index is 1.88. The van der Waals surface area contributed by atoms with Gasteiger partial charge >= 0.3 is 0 Å². The highest BCUT2D eigenvalue weighted by atomic mass is 19.1. The topological polar surface area (TPSA) is 15.3 Å². The zero-order valence-corrected chi connectivity index (χ0v) is 12.5. The lowest BCUT2D eigenvalue weighted by atomic mass is 9.67. The number of nitrogens with one attached hydrogen (secondary N) is 1. The molecule has 1 aromatic rings. The minimum atomic E-state index is -0.109. The summed E-state index contributed by atoms with van der Waals surface area (Å²) >= 11 is 0. The van der Waals surface area contributed by atoms with Crippen molar-refractivity contribution < 1.29 is 4.39 Å². The Bertz CT molecular complexity index is 474. The first-order valence-electron chi connectivity index (χ1n) is 7.81. The van der Waals surface area contributed by atoms with Gasteiger partial charge in [-0.1, -0.05) is 12.1 Å². The van der Waals surface area contributed by atoms with Gasteiger partial charge in [-0.2, -0.15) is 0 Å². The summed E-state index contributed by atoms with van der Waals surface area (Å²) in [5, 5.41) is 3.51. The molecule has 3 rings (SSSR count). The molecule has 0 saturated carbocycles. The predicted molar refractivity (Wildman–Crippen MR) is 80.4 cm³/mol. The smallest absolute Gasteiger partial charge is 0.123 e. The molecule has 1 aromatic carbocycles. The molecule has 1 N–H and O–H groups in total. The predicted octanol–water partition coefficient (Wildman–Crippen LogP) is 3.00. The van der Waals surface area contributed by atoms with Crippen LogP contribution >= 0.6 is 0 Å². The normalized spacial score (nSPS) is 31.3. The van der Waals surface area contributed by atoms with Crippen LogP contribution in [0, 0.1) is 11.2 Å². The van der Waals surface area contributed by atoms with Crippen LogP contribution in [0.25, 0.3) is 0 Å². The van der Waals surface area contributed by atoms with Crippen LogP contribution in [0.1, 0.15) is 38.2 Å². The average molecular weight is 276 g/mol. The van der Waals surface area contributed by atoms with Crippen molar-refractivity contribution in [2.45, 2.75) is 38.6 Å². The molecule has 0 aromatic heterocycles. The number of halogens is 1. The second-order valence-electron chi connectivity index (χ2n) is 6.74. The molecule has 0 amide bonds. The molecule has 0 bridgehead atoms. The van der Waals surface area contributed by atoms with Crippen molar-refractivity contribution in [3.8, 4) is 0 Å². The number of nitrogens with zero attached hydrogens (tertiary/aromatic N) is 1. The van der Waals surface area contributed by atoms with Gasteiger partial charge in [0, 0.05) is 25.0 Å². The van der Waals surface area contributed by atoms with Crippen LogP contribution in [0.15, 0.2) is 24.3 Å². The van der Waals surface area contributed by atoms with Crippen LogP contribution in [-0.4, -0.2) is 37.1 Å². The van der Waals surface area contributed by atoms with E-state index in [9.17, 15) is 4.39 Å². The van der Waals surface area contributed by atoms with E-state index in [0.717, 1.165) is 19.6 Å². The number of rotatable bonds is 2. The van der Waals surface area contributed by atoms with Gasteiger partial charge in [-0.05, 0) is 62.9 Å². The summed E-state index contributed by atoms with van der Waals surface area (Å²) in [7, 11) is 0. The minimum Gasteiger partial charge on any atom is -0.316 e. The number of hydrogen-bond donors (Lipinski definition) is 1. The Hall–Kier alpha value is -0.930. The fourth-order valence-corrected chi connectivity index (χ4v) is 4.03. The third-order valence-corrected chi connectivity index (χ3v) is 5.28. The van der Waals surface area contributed by atoms with Crippen LogP contribution in [0.2, 0.25) is 0 Å². The first-order chi connectivity index (χ1) is 9.61. The first kappa shape index (κ1) is 14.0. The molecule has 2 heterocycles. The van der Waals surface area contributed by atoms with E-state index in [1.807, 2.05) is 6.07 Å². The summed E-state index contributed by atoms with van der Waals surface area (Å²) in [6.07, 6.45) is 2.45. The van der Waals surface area contributed by atoms with E-state index in [4.69, 9.17) is 0 Å². The van der Waals surface area contributed by atoms with Crippen LogP contribution in [0.5, 0.6) is 0 Å². The average Bonchev–Trinajstić information content (AvgIpc) is 2.84. The van der Waals surface area contributed by atoms with Crippen molar-refractivity contribution in [3.63, 3.8) is 0 Å². The zero-order chi connectivity index (χ0) is 14.2. The molecule has 20 heavy (non-hydrogen) atoms. The summed E-state index contributed by atoms with van der Waals surface area (Å²) in [5.41, 5.74) is 1.51. The van der Waals surface area contributed by atoms with E-state index in [1.165, 1.54) is 24.9 Å². The zero-order valence-electron chi connectivity index (χ0n) is 12.5.